The van der Waals surface area contributed by atoms with E-state index in [1.54, 1.807) is 0 Å². The topological polar surface area (TPSA) is 69.3 Å². The van der Waals surface area contributed by atoms with Gasteiger partial charge in [-0.3, -0.25) is 4.40 Å². The molecule has 2 heterocycles. The molecular formula is C51H40N4. The number of fused-ring (bicyclic) bond motifs is 11. The van der Waals surface area contributed by atoms with Crippen molar-refractivity contribution in [3.63, 3.8) is 0 Å². The first-order valence-electron chi connectivity index (χ1n) is 19.0. The molecule has 55 heavy (non-hydrogen) atoms. The Morgan fingerprint density at radius 1 is 0.618 bits per heavy atom. The number of para-hydroxylation sites is 1. The Labute approximate surface area is 320 Å². The van der Waals surface area contributed by atoms with Crippen LogP contribution in [0.15, 0.2) is 164 Å². The number of imidazole rings is 1. The van der Waals surface area contributed by atoms with Crippen molar-refractivity contribution in [3.05, 3.63) is 186 Å². The number of anilines is 1. The number of hydrogen-bond donors (Lipinski definition) is 2. The number of pyridine rings is 1. The summed E-state index contributed by atoms with van der Waals surface area (Å²) in [4.78, 5) is 5.21. The summed E-state index contributed by atoms with van der Waals surface area (Å²) in [7, 11) is 0. The van der Waals surface area contributed by atoms with Gasteiger partial charge in [-0.2, -0.15) is 0 Å². The molecule has 0 saturated heterocycles. The van der Waals surface area contributed by atoms with E-state index >= 15 is 0 Å². The second-order valence-corrected chi connectivity index (χ2v) is 15.1. The van der Waals surface area contributed by atoms with Crippen LogP contribution >= 0.6 is 0 Å². The molecule has 9 aromatic rings. The molecule has 4 nitrogen and oxygen atoms in total. The number of benzene rings is 7. The van der Waals surface area contributed by atoms with E-state index in [1.165, 1.54) is 44.2 Å². The molecule has 10 rings (SSSR count). The standard InChI is InChI=1S/C51H40N4/c1-51(2)44-20-9-7-17-39(44)40-25-24-36(31-45(40)51)35-14-11-13-34(30-35)32(28-29-52)22-23-33-12-3-4-15-37(33)42-26-27-47-49(48(42)53)54-50-43-19-6-5-16-38(43)41-18-8-10-21-46(41)55(47)50/h3-28,30-31H,29,52-53H2,1-2H3/b23-22?,32-28+. The average molecular weight is 709 g/mol. The van der Waals surface area contributed by atoms with Gasteiger partial charge in [-0.1, -0.05) is 159 Å². The van der Waals surface area contributed by atoms with Crippen molar-refractivity contribution in [1.29, 1.82) is 0 Å². The van der Waals surface area contributed by atoms with Crippen LogP contribution in [-0.4, -0.2) is 15.9 Å². The van der Waals surface area contributed by atoms with Crippen LogP contribution in [-0.2, 0) is 5.41 Å². The molecule has 0 bridgehead atoms. The molecule has 0 amide bonds. The SMILES string of the molecule is CC1(C)c2ccccc2-c2ccc(-c3cccc(/C(C=Cc4ccccc4-c4ccc5c(nc6c7ccccc7c7ccccc7n56)c4N)=C/CN)c3)cc21. The Bertz CT molecular complexity index is 3070. The summed E-state index contributed by atoms with van der Waals surface area (Å²) in [6.45, 7) is 5.09. The molecule has 1 aliphatic rings. The Balaban J connectivity index is 1.03. The van der Waals surface area contributed by atoms with Crippen LogP contribution < -0.4 is 11.5 Å². The molecule has 0 atom stereocenters. The van der Waals surface area contributed by atoms with Crippen LogP contribution in [0.1, 0.15) is 36.1 Å². The molecule has 7 aromatic carbocycles. The molecule has 0 radical (unpaired) electrons. The smallest absolute Gasteiger partial charge is 0.146 e. The highest BCUT2D eigenvalue weighted by Gasteiger charge is 2.35. The number of nitrogen functional groups attached to an aromatic ring is 1. The van der Waals surface area contributed by atoms with E-state index in [4.69, 9.17) is 16.5 Å². The van der Waals surface area contributed by atoms with Crippen LogP contribution in [0.5, 0.6) is 0 Å². The van der Waals surface area contributed by atoms with Crippen molar-refractivity contribution >= 4 is 55.7 Å². The first kappa shape index (κ1) is 32.9. The summed E-state index contributed by atoms with van der Waals surface area (Å²) in [5.41, 5.74) is 30.8. The lowest BCUT2D eigenvalue weighted by atomic mass is 9.81. The maximum atomic E-state index is 7.09. The predicted octanol–water partition coefficient (Wildman–Crippen LogP) is 12.1. The maximum Gasteiger partial charge on any atom is 0.146 e. The van der Waals surface area contributed by atoms with Gasteiger partial charge in [0.1, 0.15) is 11.2 Å². The molecule has 0 unspecified atom stereocenters. The highest BCUT2D eigenvalue weighted by atomic mass is 15.0. The first-order valence-corrected chi connectivity index (χ1v) is 19.0. The second kappa shape index (κ2) is 12.7. The second-order valence-electron chi connectivity index (χ2n) is 15.1. The maximum absolute atomic E-state index is 7.09. The Kier molecular flexibility index (Phi) is 7.58. The van der Waals surface area contributed by atoms with Gasteiger partial charge in [0.05, 0.1) is 16.7 Å². The quantitative estimate of drug-likeness (QED) is 0.103. The zero-order valence-electron chi connectivity index (χ0n) is 30.9. The molecule has 0 fully saturated rings. The van der Waals surface area contributed by atoms with Gasteiger partial charge >= 0.3 is 0 Å². The summed E-state index contributed by atoms with van der Waals surface area (Å²) in [5.74, 6) is 0. The molecule has 1 aliphatic carbocycles. The molecule has 4 heteroatoms. The molecule has 264 valence electrons. The van der Waals surface area contributed by atoms with Gasteiger partial charge in [-0.15, -0.1) is 0 Å². The zero-order chi connectivity index (χ0) is 37.3. The van der Waals surface area contributed by atoms with Crippen LogP contribution in [0.4, 0.5) is 5.69 Å². The van der Waals surface area contributed by atoms with Gasteiger partial charge in [0.25, 0.3) is 0 Å². The normalized spacial score (nSPS) is 13.7. The summed E-state index contributed by atoms with van der Waals surface area (Å²) in [6.07, 6.45) is 6.44. The predicted molar refractivity (Wildman–Crippen MR) is 233 cm³/mol. The third kappa shape index (κ3) is 5.14. The summed E-state index contributed by atoms with van der Waals surface area (Å²) in [6, 6.07) is 54.2. The lowest BCUT2D eigenvalue weighted by molar-refractivity contribution is 0.660. The number of nitrogens with zero attached hydrogens (tertiary/aromatic N) is 2. The molecule has 0 saturated carbocycles. The van der Waals surface area contributed by atoms with Crippen LogP contribution in [0, 0.1) is 0 Å². The van der Waals surface area contributed by atoms with E-state index in [1.807, 2.05) is 0 Å². The number of rotatable bonds is 6. The lowest BCUT2D eigenvalue weighted by Crippen LogP contribution is -2.14. The van der Waals surface area contributed by atoms with E-state index in [-0.39, 0.29) is 5.41 Å². The highest BCUT2D eigenvalue weighted by Crippen LogP contribution is 2.49. The van der Waals surface area contributed by atoms with Gasteiger partial charge in [0.2, 0.25) is 0 Å². The summed E-state index contributed by atoms with van der Waals surface area (Å²) in [5, 5.41) is 3.48. The van der Waals surface area contributed by atoms with E-state index in [2.05, 4.69) is 188 Å². The van der Waals surface area contributed by atoms with Gasteiger partial charge in [-0.05, 0) is 85.3 Å². The lowest BCUT2D eigenvalue weighted by Gasteiger charge is -2.22. The van der Waals surface area contributed by atoms with Crippen LogP contribution in [0.3, 0.4) is 0 Å². The van der Waals surface area contributed by atoms with Crippen molar-refractivity contribution in [3.8, 4) is 33.4 Å². The van der Waals surface area contributed by atoms with Crippen molar-refractivity contribution in [2.75, 3.05) is 12.3 Å². The van der Waals surface area contributed by atoms with Gasteiger partial charge in [0.15, 0.2) is 0 Å². The molecule has 2 aromatic heterocycles. The summed E-state index contributed by atoms with van der Waals surface area (Å²) < 4.78 is 2.25. The Morgan fingerprint density at radius 2 is 1.31 bits per heavy atom. The summed E-state index contributed by atoms with van der Waals surface area (Å²) >= 11 is 0. The van der Waals surface area contributed by atoms with Crippen molar-refractivity contribution in [2.45, 2.75) is 19.3 Å². The average Bonchev–Trinajstić information content (AvgIpc) is 3.73. The van der Waals surface area contributed by atoms with E-state index < -0.39 is 0 Å². The minimum Gasteiger partial charge on any atom is -0.396 e. The van der Waals surface area contributed by atoms with Crippen molar-refractivity contribution < 1.29 is 0 Å². The van der Waals surface area contributed by atoms with E-state index in [9.17, 15) is 0 Å². The molecule has 4 N–H and O–H groups in total. The Hall–Kier alpha value is -6.75. The minimum absolute atomic E-state index is 0.0534. The van der Waals surface area contributed by atoms with Gasteiger partial charge in [-0.25, -0.2) is 4.98 Å². The number of aromatic nitrogens is 2. The fourth-order valence-corrected chi connectivity index (χ4v) is 8.87. The van der Waals surface area contributed by atoms with E-state index in [0.29, 0.717) is 12.2 Å². The van der Waals surface area contributed by atoms with Crippen LogP contribution in [0.2, 0.25) is 0 Å². The fraction of sp³-hybridized carbons (Fsp3) is 0.0784. The van der Waals surface area contributed by atoms with Gasteiger partial charge < -0.3 is 11.5 Å². The minimum atomic E-state index is -0.0534. The number of nitrogens with two attached hydrogens (primary N) is 2. The van der Waals surface area contributed by atoms with E-state index in [0.717, 1.165) is 55.4 Å². The largest absolute Gasteiger partial charge is 0.396 e. The fourth-order valence-electron chi connectivity index (χ4n) is 8.87. The third-order valence-corrected chi connectivity index (χ3v) is 11.6. The molecular weight excluding hydrogens is 669 g/mol. The third-order valence-electron chi connectivity index (χ3n) is 11.6. The molecule has 0 spiro atoms. The first-order chi connectivity index (χ1) is 26.9. The van der Waals surface area contributed by atoms with Crippen molar-refractivity contribution in [1.82, 2.24) is 9.38 Å². The van der Waals surface area contributed by atoms with Crippen molar-refractivity contribution in [2.24, 2.45) is 5.73 Å². The number of allylic oxidation sites excluding steroid dienone is 2. The Morgan fingerprint density at radius 3 is 2.16 bits per heavy atom. The monoisotopic (exact) mass is 708 g/mol. The number of hydrogen-bond acceptors (Lipinski definition) is 3. The van der Waals surface area contributed by atoms with Gasteiger partial charge in [0, 0.05) is 28.3 Å². The van der Waals surface area contributed by atoms with Crippen LogP contribution in [0.25, 0.3) is 83.4 Å². The zero-order valence-corrected chi connectivity index (χ0v) is 30.9. The highest BCUT2D eigenvalue weighted by molar-refractivity contribution is 6.15. The molecule has 0 aliphatic heterocycles.